The van der Waals surface area contributed by atoms with Gasteiger partial charge in [0.15, 0.2) is 0 Å². The zero-order valence-corrected chi connectivity index (χ0v) is 37.9. The van der Waals surface area contributed by atoms with Gasteiger partial charge in [-0.15, -0.1) is 0 Å². The normalized spacial score (nSPS) is 13.7. The number of para-hydroxylation sites is 2. The minimum Gasteiger partial charge on any atom is -0.310 e. The summed E-state index contributed by atoms with van der Waals surface area (Å²) >= 11 is 0. The van der Waals surface area contributed by atoms with E-state index in [1.54, 1.807) is 0 Å². The van der Waals surface area contributed by atoms with Crippen molar-refractivity contribution in [2.24, 2.45) is 0 Å². The van der Waals surface area contributed by atoms with E-state index in [-0.39, 0.29) is 0 Å². The molecule has 69 heavy (non-hydrogen) atoms. The molecule has 3 aliphatic rings. The van der Waals surface area contributed by atoms with Crippen molar-refractivity contribution in [3.63, 3.8) is 0 Å². The third-order valence-electron chi connectivity index (χ3n) is 15.3. The molecule has 0 aromatic heterocycles. The highest BCUT2D eigenvalue weighted by Crippen LogP contribution is 2.68. The van der Waals surface area contributed by atoms with E-state index in [0.717, 1.165) is 17.1 Å². The Morgan fingerprint density at radius 1 is 0.217 bits per heavy atom. The van der Waals surface area contributed by atoms with E-state index in [2.05, 4.69) is 278 Å². The van der Waals surface area contributed by atoms with Crippen molar-refractivity contribution in [1.82, 2.24) is 0 Å². The molecule has 0 saturated heterocycles. The Morgan fingerprint density at radius 2 is 0.594 bits per heavy atom. The maximum absolute atomic E-state index is 2.43. The van der Waals surface area contributed by atoms with Gasteiger partial charge in [-0.05, 0) is 131 Å². The highest BCUT2D eigenvalue weighted by Gasteiger charge is 2.59. The number of hydrogen-bond donors (Lipinski definition) is 0. The molecule has 11 aromatic rings. The van der Waals surface area contributed by atoms with Crippen LogP contribution in [0.5, 0.6) is 0 Å². The van der Waals surface area contributed by atoms with Crippen molar-refractivity contribution in [3.05, 3.63) is 317 Å². The molecule has 3 aliphatic carbocycles. The van der Waals surface area contributed by atoms with Crippen molar-refractivity contribution < 1.29 is 0 Å². The summed E-state index contributed by atoms with van der Waals surface area (Å²) in [6.45, 7) is 0. The van der Waals surface area contributed by atoms with Crippen LogP contribution >= 0.6 is 0 Å². The largest absolute Gasteiger partial charge is 0.310 e. The van der Waals surface area contributed by atoms with E-state index in [1.807, 2.05) is 0 Å². The van der Waals surface area contributed by atoms with Gasteiger partial charge >= 0.3 is 0 Å². The quantitative estimate of drug-likeness (QED) is 0.161. The van der Waals surface area contributed by atoms with Gasteiger partial charge in [-0.2, -0.15) is 0 Å². The predicted octanol–water partition coefficient (Wildman–Crippen LogP) is 17.2. The van der Waals surface area contributed by atoms with E-state index in [4.69, 9.17) is 0 Å². The first-order valence-electron chi connectivity index (χ1n) is 24.1. The Morgan fingerprint density at radius 3 is 1.22 bits per heavy atom. The molecule has 0 unspecified atom stereocenters. The Labute approximate surface area is 403 Å². The van der Waals surface area contributed by atoms with Crippen molar-refractivity contribution in [1.29, 1.82) is 0 Å². The maximum atomic E-state index is 2.43. The highest BCUT2D eigenvalue weighted by atomic mass is 15.1. The van der Waals surface area contributed by atoms with Crippen molar-refractivity contribution >= 4 is 17.1 Å². The summed E-state index contributed by atoms with van der Waals surface area (Å²) in [7, 11) is 0. The average molecular weight is 876 g/mol. The topological polar surface area (TPSA) is 3.24 Å². The Kier molecular flexibility index (Phi) is 8.78. The summed E-state index contributed by atoms with van der Waals surface area (Å²) < 4.78 is 0. The Hall–Kier alpha value is -8.78. The monoisotopic (exact) mass is 875 g/mol. The standard InChI is InChI=1S/C68H45N/c1-3-22-46(23-4-1)47-24-19-25-48(44-47)52-30-10-18-43-65(52)69(50-27-5-2-6-28-50)51-29-20-26-49(45-51)53-34-21-42-64-66(53)56-33-9-13-37-59(56)68(64)62-40-16-14-38-60(62)67(61-39-15-17-41-63(61)68)57-35-11-7-31-54(57)55-32-8-12-36-58(55)67/h1-45H. The van der Waals surface area contributed by atoms with Crippen LogP contribution in [0.4, 0.5) is 17.1 Å². The molecule has 1 heteroatoms. The van der Waals surface area contributed by atoms with Crippen LogP contribution < -0.4 is 4.90 Å². The van der Waals surface area contributed by atoms with Crippen molar-refractivity contribution in [3.8, 4) is 55.6 Å². The SMILES string of the molecule is c1ccc(-c2cccc(-c3ccccc3N(c3ccccc3)c3cccc(-c4cccc5c4-c4ccccc4C54c5ccccc5C5(c6ccccc6-c6ccccc65)c5ccccc54)c3)c2)cc1. The second-order valence-electron chi connectivity index (χ2n) is 18.6. The van der Waals surface area contributed by atoms with Gasteiger partial charge in [0.2, 0.25) is 0 Å². The van der Waals surface area contributed by atoms with Crippen LogP contribution in [0.1, 0.15) is 44.5 Å². The number of nitrogens with zero attached hydrogens (tertiary/aromatic N) is 1. The van der Waals surface area contributed by atoms with Crippen LogP contribution in [0, 0.1) is 0 Å². The lowest BCUT2D eigenvalue weighted by molar-refractivity contribution is 0.633. The average Bonchev–Trinajstić information content (AvgIpc) is 3.90. The van der Waals surface area contributed by atoms with Crippen LogP contribution in [0.2, 0.25) is 0 Å². The van der Waals surface area contributed by atoms with Gasteiger partial charge in [0.25, 0.3) is 0 Å². The van der Waals surface area contributed by atoms with E-state index in [0.29, 0.717) is 0 Å². The van der Waals surface area contributed by atoms with E-state index < -0.39 is 10.8 Å². The molecular weight excluding hydrogens is 831 g/mol. The van der Waals surface area contributed by atoms with Crippen LogP contribution in [0.25, 0.3) is 55.6 Å². The molecule has 11 aromatic carbocycles. The lowest BCUT2D eigenvalue weighted by Crippen LogP contribution is -2.43. The zero-order chi connectivity index (χ0) is 45.5. The number of rotatable bonds is 6. The molecule has 0 saturated carbocycles. The molecule has 0 atom stereocenters. The van der Waals surface area contributed by atoms with Gasteiger partial charge in [0.05, 0.1) is 16.5 Å². The fourth-order valence-corrected chi connectivity index (χ4v) is 12.8. The van der Waals surface area contributed by atoms with Gasteiger partial charge < -0.3 is 4.90 Å². The molecule has 0 radical (unpaired) electrons. The summed E-state index contributed by atoms with van der Waals surface area (Å²) in [5.74, 6) is 0. The molecular formula is C68H45N. The number of anilines is 3. The molecule has 1 nitrogen and oxygen atoms in total. The zero-order valence-electron chi connectivity index (χ0n) is 37.9. The lowest BCUT2D eigenvalue weighted by atomic mass is 9.52. The molecule has 0 N–H and O–H groups in total. The van der Waals surface area contributed by atoms with Crippen LogP contribution in [0.3, 0.4) is 0 Å². The Balaban J connectivity index is 0.981. The number of benzene rings is 11. The smallest absolute Gasteiger partial charge is 0.0720 e. The first-order chi connectivity index (χ1) is 34.3. The third kappa shape index (κ3) is 5.53. The molecule has 2 spiro atoms. The number of fused-ring (bicyclic) bond motifs is 16. The van der Waals surface area contributed by atoms with E-state index >= 15 is 0 Å². The first-order valence-corrected chi connectivity index (χ1v) is 24.1. The minimum absolute atomic E-state index is 0.477. The molecule has 0 bridgehead atoms. The van der Waals surface area contributed by atoms with Gasteiger partial charge in [-0.3, -0.25) is 0 Å². The summed E-state index contributed by atoms with van der Waals surface area (Å²) in [5, 5.41) is 0. The molecule has 14 rings (SSSR count). The van der Waals surface area contributed by atoms with E-state index in [9.17, 15) is 0 Å². The molecule has 322 valence electrons. The highest BCUT2D eigenvalue weighted by molar-refractivity contribution is 5.99. The molecule has 0 amide bonds. The summed E-state index contributed by atoms with van der Waals surface area (Å²) in [6, 6.07) is 102. The van der Waals surface area contributed by atoms with Crippen LogP contribution in [0.15, 0.2) is 273 Å². The van der Waals surface area contributed by atoms with Gasteiger partial charge in [-0.25, -0.2) is 0 Å². The van der Waals surface area contributed by atoms with Crippen LogP contribution in [-0.2, 0) is 10.8 Å². The summed E-state index contributed by atoms with van der Waals surface area (Å²) in [6.07, 6.45) is 0. The fraction of sp³-hybridized carbons (Fsp3) is 0.0294. The van der Waals surface area contributed by atoms with Gasteiger partial charge in [0.1, 0.15) is 0 Å². The summed E-state index contributed by atoms with van der Waals surface area (Å²) in [5.41, 5.74) is 25.4. The first kappa shape index (κ1) is 39.4. The number of hydrogen-bond acceptors (Lipinski definition) is 1. The molecule has 0 fully saturated rings. The van der Waals surface area contributed by atoms with Crippen molar-refractivity contribution in [2.45, 2.75) is 10.8 Å². The maximum Gasteiger partial charge on any atom is 0.0720 e. The Bertz CT molecular complexity index is 3710. The second-order valence-corrected chi connectivity index (χ2v) is 18.6. The second kappa shape index (κ2) is 15.4. The van der Waals surface area contributed by atoms with Crippen LogP contribution in [-0.4, -0.2) is 0 Å². The predicted molar refractivity (Wildman–Crippen MR) is 286 cm³/mol. The van der Waals surface area contributed by atoms with E-state index in [1.165, 1.54) is 100 Å². The van der Waals surface area contributed by atoms with Crippen molar-refractivity contribution in [2.75, 3.05) is 4.90 Å². The fourth-order valence-electron chi connectivity index (χ4n) is 12.8. The minimum atomic E-state index is -0.562. The van der Waals surface area contributed by atoms with Gasteiger partial charge in [0, 0.05) is 16.9 Å². The molecule has 0 heterocycles. The van der Waals surface area contributed by atoms with Gasteiger partial charge in [-0.1, -0.05) is 237 Å². The lowest BCUT2D eigenvalue weighted by Gasteiger charge is -2.48. The molecule has 0 aliphatic heterocycles. The third-order valence-corrected chi connectivity index (χ3v) is 15.3. The summed E-state index contributed by atoms with van der Waals surface area (Å²) in [4.78, 5) is 2.43.